The molecular weight excluding hydrogens is 148 g/mol. The maximum atomic E-state index is 3.57. The summed E-state index contributed by atoms with van der Waals surface area (Å²) in [4.78, 5) is 0. The molecule has 0 aliphatic carbocycles. The second-order valence-corrected chi connectivity index (χ2v) is 4.85. The van der Waals surface area contributed by atoms with Crippen molar-refractivity contribution < 1.29 is 0 Å². The number of hydrogen-bond donors (Lipinski definition) is 2. The highest BCUT2D eigenvalue weighted by molar-refractivity contribution is 5.06. The number of nitrogens with one attached hydrogen (secondary N) is 2. The molecule has 0 radical (unpaired) electrons. The molecule has 0 aromatic heterocycles. The molecule has 12 heavy (non-hydrogen) atoms. The van der Waals surface area contributed by atoms with Crippen molar-refractivity contribution in [1.29, 1.82) is 0 Å². The summed E-state index contributed by atoms with van der Waals surface area (Å²) in [6, 6.07) is 0.799. The summed E-state index contributed by atoms with van der Waals surface area (Å²) < 4.78 is 0. The molecule has 2 N–H and O–H groups in total. The standard InChI is InChI=1S/C10H20N2/c1-8(2)5-9-10(7-12-9)3-4-11-6-10/h8-9,11-12H,3-7H2,1-2H3. The van der Waals surface area contributed by atoms with Crippen molar-refractivity contribution in [3.05, 3.63) is 0 Å². The van der Waals surface area contributed by atoms with Crippen molar-refractivity contribution in [3.8, 4) is 0 Å². The molecule has 2 rings (SSSR count). The molecule has 2 heteroatoms. The Morgan fingerprint density at radius 3 is 2.67 bits per heavy atom. The van der Waals surface area contributed by atoms with Crippen LogP contribution in [-0.2, 0) is 0 Å². The van der Waals surface area contributed by atoms with Gasteiger partial charge in [-0.05, 0) is 25.3 Å². The average molecular weight is 168 g/mol. The van der Waals surface area contributed by atoms with Crippen LogP contribution in [0.15, 0.2) is 0 Å². The molecule has 2 unspecified atom stereocenters. The van der Waals surface area contributed by atoms with Gasteiger partial charge in [0, 0.05) is 24.5 Å². The monoisotopic (exact) mass is 168 g/mol. The fourth-order valence-corrected chi connectivity index (χ4v) is 2.55. The van der Waals surface area contributed by atoms with Crippen LogP contribution in [-0.4, -0.2) is 25.7 Å². The van der Waals surface area contributed by atoms with Crippen LogP contribution in [0.3, 0.4) is 0 Å². The lowest BCUT2D eigenvalue weighted by atomic mass is 9.70. The molecule has 1 spiro atoms. The third kappa shape index (κ3) is 1.27. The summed E-state index contributed by atoms with van der Waals surface area (Å²) in [6.07, 6.45) is 2.74. The van der Waals surface area contributed by atoms with Crippen LogP contribution in [0.2, 0.25) is 0 Å². The molecule has 2 saturated heterocycles. The fraction of sp³-hybridized carbons (Fsp3) is 1.00. The van der Waals surface area contributed by atoms with Crippen molar-refractivity contribution in [2.75, 3.05) is 19.6 Å². The predicted octanol–water partition coefficient (Wildman–Crippen LogP) is 0.984. The minimum absolute atomic E-state index is 0.643. The van der Waals surface area contributed by atoms with Gasteiger partial charge in [-0.1, -0.05) is 13.8 Å². The molecule has 2 nitrogen and oxygen atoms in total. The maximum Gasteiger partial charge on any atom is 0.0151 e. The zero-order valence-electron chi connectivity index (χ0n) is 8.19. The highest BCUT2D eigenvalue weighted by atomic mass is 15.1. The minimum Gasteiger partial charge on any atom is -0.316 e. The highest BCUT2D eigenvalue weighted by Crippen LogP contribution is 2.38. The highest BCUT2D eigenvalue weighted by Gasteiger charge is 2.47. The van der Waals surface area contributed by atoms with Gasteiger partial charge >= 0.3 is 0 Å². The summed E-state index contributed by atoms with van der Waals surface area (Å²) in [7, 11) is 0. The first-order chi connectivity index (χ1) is 5.73. The summed E-state index contributed by atoms with van der Waals surface area (Å²) in [6.45, 7) is 8.36. The molecule has 70 valence electrons. The second kappa shape index (κ2) is 3.00. The van der Waals surface area contributed by atoms with E-state index in [1.165, 1.54) is 32.5 Å². The zero-order valence-corrected chi connectivity index (χ0v) is 8.19. The Bertz CT molecular complexity index is 159. The van der Waals surface area contributed by atoms with Crippen LogP contribution in [0.25, 0.3) is 0 Å². The van der Waals surface area contributed by atoms with E-state index in [2.05, 4.69) is 24.5 Å². The average Bonchev–Trinajstić information content (AvgIpc) is 2.48. The third-order valence-electron chi connectivity index (χ3n) is 3.42. The summed E-state index contributed by atoms with van der Waals surface area (Å²) in [5.74, 6) is 0.834. The van der Waals surface area contributed by atoms with E-state index in [1.807, 2.05) is 0 Å². The van der Waals surface area contributed by atoms with Gasteiger partial charge in [0.25, 0.3) is 0 Å². The number of hydrogen-bond acceptors (Lipinski definition) is 2. The largest absolute Gasteiger partial charge is 0.316 e. The van der Waals surface area contributed by atoms with Crippen LogP contribution >= 0.6 is 0 Å². The Morgan fingerprint density at radius 2 is 2.25 bits per heavy atom. The Balaban J connectivity index is 1.91. The first-order valence-corrected chi connectivity index (χ1v) is 5.17. The van der Waals surface area contributed by atoms with Crippen LogP contribution in [0.5, 0.6) is 0 Å². The summed E-state index contributed by atoms with van der Waals surface area (Å²) >= 11 is 0. The normalized spacial score (nSPS) is 40.8. The van der Waals surface area contributed by atoms with Crippen LogP contribution in [0, 0.1) is 11.3 Å². The summed E-state index contributed by atoms with van der Waals surface area (Å²) in [5.41, 5.74) is 0.643. The molecular formula is C10H20N2. The summed E-state index contributed by atoms with van der Waals surface area (Å²) in [5, 5.41) is 7.05. The molecule has 0 amide bonds. The SMILES string of the molecule is CC(C)CC1NCC12CCNC2. The van der Waals surface area contributed by atoms with E-state index in [1.54, 1.807) is 0 Å². The van der Waals surface area contributed by atoms with Gasteiger partial charge in [0.05, 0.1) is 0 Å². The molecule has 0 aromatic rings. The Kier molecular flexibility index (Phi) is 2.13. The van der Waals surface area contributed by atoms with E-state index in [-0.39, 0.29) is 0 Å². The van der Waals surface area contributed by atoms with E-state index >= 15 is 0 Å². The first kappa shape index (κ1) is 8.52. The Hall–Kier alpha value is -0.0800. The van der Waals surface area contributed by atoms with Crippen LogP contribution < -0.4 is 10.6 Å². The lowest BCUT2D eigenvalue weighted by molar-refractivity contribution is 0.0876. The van der Waals surface area contributed by atoms with Gasteiger partial charge in [0.1, 0.15) is 0 Å². The van der Waals surface area contributed by atoms with E-state index in [0.29, 0.717) is 5.41 Å². The van der Waals surface area contributed by atoms with Crippen LogP contribution in [0.4, 0.5) is 0 Å². The Morgan fingerprint density at radius 1 is 1.42 bits per heavy atom. The Labute approximate surface area is 75.1 Å². The lowest BCUT2D eigenvalue weighted by Crippen LogP contribution is -2.63. The molecule has 2 heterocycles. The molecule has 0 aromatic carbocycles. The fourth-order valence-electron chi connectivity index (χ4n) is 2.55. The maximum absolute atomic E-state index is 3.57. The lowest BCUT2D eigenvalue weighted by Gasteiger charge is -2.48. The van der Waals surface area contributed by atoms with Crippen molar-refractivity contribution in [2.45, 2.75) is 32.7 Å². The van der Waals surface area contributed by atoms with E-state index in [4.69, 9.17) is 0 Å². The van der Waals surface area contributed by atoms with Crippen molar-refractivity contribution in [1.82, 2.24) is 10.6 Å². The van der Waals surface area contributed by atoms with Crippen molar-refractivity contribution >= 4 is 0 Å². The van der Waals surface area contributed by atoms with Gasteiger partial charge in [0.2, 0.25) is 0 Å². The second-order valence-electron chi connectivity index (χ2n) is 4.85. The van der Waals surface area contributed by atoms with Gasteiger partial charge in [-0.2, -0.15) is 0 Å². The molecule has 0 bridgehead atoms. The molecule has 2 fully saturated rings. The van der Waals surface area contributed by atoms with E-state index < -0.39 is 0 Å². The van der Waals surface area contributed by atoms with Crippen LogP contribution in [0.1, 0.15) is 26.7 Å². The van der Waals surface area contributed by atoms with Gasteiger partial charge in [0.15, 0.2) is 0 Å². The minimum atomic E-state index is 0.643. The molecule has 2 atom stereocenters. The first-order valence-electron chi connectivity index (χ1n) is 5.17. The smallest absolute Gasteiger partial charge is 0.0151 e. The van der Waals surface area contributed by atoms with Crippen molar-refractivity contribution in [2.24, 2.45) is 11.3 Å². The zero-order chi connectivity index (χ0) is 8.60. The van der Waals surface area contributed by atoms with Gasteiger partial charge in [-0.25, -0.2) is 0 Å². The van der Waals surface area contributed by atoms with E-state index in [9.17, 15) is 0 Å². The quantitative estimate of drug-likeness (QED) is 0.642. The van der Waals surface area contributed by atoms with E-state index in [0.717, 1.165) is 12.0 Å². The molecule has 0 saturated carbocycles. The van der Waals surface area contributed by atoms with Gasteiger partial charge in [-0.3, -0.25) is 0 Å². The molecule has 2 aliphatic rings. The van der Waals surface area contributed by atoms with Crippen molar-refractivity contribution in [3.63, 3.8) is 0 Å². The number of rotatable bonds is 2. The third-order valence-corrected chi connectivity index (χ3v) is 3.42. The van der Waals surface area contributed by atoms with Gasteiger partial charge < -0.3 is 10.6 Å². The topological polar surface area (TPSA) is 24.1 Å². The predicted molar refractivity (Wildman–Crippen MR) is 51.2 cm³/mol. The molecule has 2 aliphatic heterocycles. The van der Waals surface area contributed by atoms with Gasteiger partial charge in [-0.15, -0.1) is 0 Å².